The van der Waals surface area contributed by atoms with E-state index in [4.69, 9.17) is 0 Å². The predicted octanol–water partition coefficient (Wildman–Crippen LogP) is 1.38. The summed E-state index contributed by atoms with van der Waals surface area (Å²) in [7, 11) is 0. The molecule has 1 aliphatic rings. The van der Waals surface area contributed by atoms with Crippen molar-refractivity contribution in [3.63, 3.8) is 0 Å². The zero-order chi connectivity index (χ0) is 5.11. The fourth-order valence-corrected chi connectivity index (χ4v) is 0.375. The van der Waals surface area contributed by atoms with Crippen LogP contribution in [0.4, 0.5) is 4.39 Å². The molecule has 0 bridgehead atoms. The van der Waals surface area contributed by atoms with Gasteiger partial charge in [0.25, 0.3) is 6.01 Å². The van der Waals surface area contributed by atoms with Crippen molar-refractivity contribution in [1.29, 1.82) is 0 Å². The molecule has 1 rings (SSSR count). The van der Waals surface area contributed by atoms with Gasteiger partial charge in [-0.2, -0.15) is 4.39 Å². The normalized spacial score (nSPS) is 18.1. The molecule has 7 heavy (non-hydrogen) atoms. The first kappa shape index (κ1) is 4.37. The van der Waals surface area contributed by atoms with Crippen LogP contribution in [-0.2, 0) is 4.74 Å². The van der Waals surface area contributed by atoms with E-state index in [0.29, 0.717) is 6.61 Å². The molecule has 0 aliphatic carbocycles. The van der Waals surface area contributed by atoms with Crippen molar-refractivity contribution >= 4 is 0 Å². The Morgan fingerprint density at radius 3 is 2.86 bits per heavy atom. The summed E-state index contributed by atoms with van der Waals surface area (Å²) in [6, 6.07) is -0.498. The second kappa shape index (κ2) is 1.78. The van der Waals surface area contributed by atoms with Gasteiger partial charge in [-0.1, -0.05) is 6.08 Å². The monoisotopic (exact) mass is 100 g/mol. The molecule has 0 N–H and O–H groups in total. The van der Waals surface area contributed by atoms with Crippen LogP contribution in [0.3, 0.4) is 0 Å². The Kier molecular flexibility index (Phi) is 1.11. The number of halogens is 1. The van der Waals surface area contributed by atoms with Gasteiger partial charge in [-0.3, -0.25) is 0 Å². The average Bonchev–Trinajstić information content (AvgIpc) is 1.69. The van der Waals surface area contributed by atoms with Gasteiger partial charge in [0.05, 0.1) is 0 Å². The summed E-state index contributed by atoms with van der Waals surface area (Å²) in [6.45, 7) is 0.363. The van der Waals surface area contributed by atoms with Crippen LogP contribution in [0.25, 0.3) is 0 Å². The number of hydrogen-bond acceptors (Lipinski definition) is 1. The van der Waals surface area contributed by atoms with E-state index in [1.165, 1.54) is 6.08 Å². The molecule has 0 unspecified atom stereocenters. The number of rotatable bonds is 0. The van der Waals surface area contributed by atoms with Crippen molar-refractivity contribution in [3.8, 4) is 0 Å². The van der Waals surface area contributed by atoms with E-state index in [1.54, 1.807) is 12.2 Å². The summed E-state index contributed by atoms with van der Waals surface area (Å²) in [4.78, 5) is 0. The SMILES string of the molecule is FC1=CC=CCO1. The highest BCUT2D eigenvalue weighted by Crippen LogP contribution is 2.02. The van der Waals surface area contributed by atoms with Crippen LogP contribution in [0.2, 0.25) is 0 Å². The Labute approximate surface area is 41.1 Å². The van der Waals surface area contributed by atoms with Crippen molar-refractivity contribution in [2.24, 2.45) is 0 Å². The summed E-state index contributed by atoms with van der Waals surface area (Å²) in [5.41, 5.74) is 0. The lowest BCUT2D eigenvalue weighted by atomic mass is 10.4. The Hall–Kier alpha value is -0.790. The van der Waals surface area contributed by atoms with Crippen molar-refractivity contribution in [2.45, 2.75) is 0 Å². The van der Waals surface area contributed by atoms with Crippen molar-refractivity contribution in [2.75, 3.05) is 6.61 Å². The number of hydrogen-bond donors (Lipinski definition) is 0. The lowest BCUT2D eigenvalue weighted by Crippen LogP contribution is -1.89. The van der Waals surface area contributed by atoms with Gasteiger partial charge in [0.2, 0.25) is 0 Å². The first-order valence-corrected chi connectivity index (χ1v) is 2.05. The molecular formula is C5H5FO. The Morgan fingerprint density at radius 1 is 1.71 bits per heavy atom. The topological polar surface area (TPSA) is 9.23 Å². The molecule has 0 aromatic rings. The van der Waals surface area contributed by atoms with Gasteiger partial charge in [0, 0.05) is 6.08 Å². The average molecular weight is 100 g/mol. The first-order valence-electron chi connectivity index (χ1n) is 2.05. The third kappa shape index (κ3) is 1.03. The Bertz CT molecular complexity index is 115. The summed E-state index contributed by atoms with van der Waals surface area (Å²) in [5.74, 6) is 0. The van der Waals surface area contributed by atoms with Gasteiger partial charge in [-0.05, 0) is 6.08 Å². The summed E-state index contributed by atoms with van der Waals surface area (Å²) < 4.78 is 16.2. The van der Waals surface area contributed by atoms with Crippen molar-refractivity contribution in [3.05, 3.63) is 24.2 Å². The number of allylic oxidation sites excluding steroid dienone is 2. The van der Waals surface area contributed by atoms with E-state index in [0.717, 1.165) is 0 Å². The smallest absolute Gasteiger partial charge is 0.272 e. The predicted molar refractivity (Wildman–Crippen MR) is 24.3 cm³/mol. The molecule has 0 saturated carbocycles. The van der Waals surface area contributed by atoms with Gasteiger partial charge < -0.3 is 4.74 Å². The van der Waals surface area contributed by atoms with Crippen LogP contribution in [0.5, 0.6) is 0 Å². The van der Waals surface area contributed by atoms with Crippen LogP contribution >= 0.6 is 0 Å². The highest BCUT2D eigenvalue weighted by atomic mass is 19.1. The van der Waals surface area contributed by atoms with Gasteiger partial charge in [-0.15, -0.1) is 0 Å². The van der Waals surface area contributed by atoms with Crippen molar-refractivity contribution in [1.82, 2.24) is 0 Å². The lowest BCUT2D eigenvalue weighted by molar-refractivity contribution is 0.167. The maximum absolute atomic E-state index is 11.8. The van der Waals surface area contributed by atoms with E-state index in [-0.39, 0.29) is 0 Å². The van der Waals surface area contributed by atoms with E-state index in [2.05, 4.69) is 4.74 Å². The molecule has 0 amide bonds. The third-order valence-electron chi connectivity index (χ3n) is 0.681. The van der Waals surface area contributed by atoms with E-state index < -0.39 is 6.01 Å². The van der Waals surface area contributed by atoms with Crippen LogP contribution in [0.1, 0.15) is 0 Å². The largest absolute Gasteiger partial charge is 0.467 e. The molecule has 0 radical (unpaired) electrons. The molecule has 2 heteroatoms. The van der Waals surface area contributed by atoms with Gasteiger partial charge in [0.15, 0.2) is 0 Å². The Morgan fingerprint density at radius 2 is 2.57 bits per heavy atom. The maximum atomic E-state index is 11.8. The van der Waals surface area contributed by atoms with Crippen LogP contribution < -0.4 is 0 Å². The zero-order valence-electron chi connectivity index (χ0n) is 3.73. The minimum atomic E-state index is -0.498. The molecule has 0 saturated heterocycles. The Balaban J connectivity index is 2.57. The zero-order valence-corrected chi connectivity index (χ0v) is 3.73. The highest BCUT2D eigenvalue weighted by Gasteiger charge is 1.92. The minimum absolute atomic E-state index is 0.363. The summed E-state index contributed by atoms with van der Waals surface area (Å²) >= 11 is 0. The van der Waals surface area contributed by atoms with Gasteiger partial charge >= 0.3 is 0 Å². The lowest BCUT2D eigenvalue weighted by Gasteiger charge is -1.99. The van der Waals surface area contributed by atoms with E-state index in [1.807, 2.05) is 0 Å². The molecule has 1 aliphatic heterocycles. The highest BCUT2D eigenvalue weighted by molar-refractivity contribution is 5.06. The molecule has 0 fully saturated rings. The molecule has 1 nitrogen and oxygen atoms in total. The minimum Gasteiger partial charge on any atom is -0.467 e. The van der Waals surface area contributed by atoms with Crippen molar-refractivity contribution < 1.29 is 9.13 Å². The second-order valence-corrected chi connectivity index (χ2v) is 1.21. The maximum Gasteiger partial charge on any atom is 0.272 e. The third-order valence-corrected chi connectivity index (χ3v) is 0.681. The standard InChI is InChI=1S/C5H5FO/c6-5-3-1-2-4-7-5/h1-3H,4H2. The van der Waals surface area contributed by atoms with Gasteiger partial charge in [-0.25, -0.2) is 0 Å². The van der Waals surface area contributed by atoms with E-state index >= 15 is 0 Å². The molecule has 1 heterocycles. The fraction of sp³-hybridized carbons (Fsp3) is 0.200. The molecule has 0 spiro atoms. The fourth-order valence-electron chi connectivity index (χ4n) is 0.375. The van der Waals surface area contributed by atoms with E-state index in [9.17, 15) is 4.39 Å². The van der Waals surface area contributed by atoms with Crippen LogP contribution in [-0.4, -0.2) is 6.61 Å². The molecule has 0 atom stereocenters. The summed E-state index contributed by atoms with van der Waals surface area (Å²) in [6.07, 6.45) is 4.64. The van der Waals surface area contributed by atoms with Crippen LogP contribution in [0.15, 0.2) is 24.2 Å². The first-order chi connectivity index (χ1) is 3.39. The quantitative estimate of drug-likeness (QED) is 0.447. The molecule has 0 aromatic heterocycles. The summed E-state index contributed by atoms with van der Waals surface area (Å²) in [5, 5.41) is 0. The molecular weight excluding hydrogens is 95.1 g/mol. The molecule has 0 aromatic carbocycles. The van der Waals surface area contributed by atoms with Crippen LogP contribution in [0, 0.1) is 0 Å². The van der Waals surface area contributed by atoms with Gasteiger partial charge in [0.1, 0.15) is 6.61 Å². The second-order valence-electron chi connectivity index (χ2n) is 1.21. The molecule has 38 valence electrons. The number of ether oxygens (including phenoxy) is 1.